The van der Waals surface area contributed by atoms with E-state index in [9.17, 15) is 9.59 Å². The molecule has 1 amide bonds. The van der Waals surface area contributed by atoms with Gasteiger partial charge in [-0.1, -0.05) is 18.2 Å². The van der Waals surface area contributed by atoms with Crippen LogP contribution in [0.5, 0.6) is 0 Å². The Morgan fingerprint density at radius 1 is 1.30 bits per heavy atom. The first-order chi connectivity index (χ1) is 9.60. The van der Waals surface area contributed by atoms with E-state index in [4.69, 9.17) is 0 Å². The van der Waals surface area contributed by atoms with Crippen molar-refractivity contribution in [3.8, 4) is 0 Å². The third-order valence-electron chi connectivity index (χ3n) is 2.69. The highest BCUT2D eigenvalue weighted by atomic mass is 32.1. The van der Waals surface area contributed by atoms with Crippen LogP contribution in [0, 0.1) is 6.92 Å². The molecule has 0 saturated heterocycles. The maximum Gasteiger partial charge on any atom is 0.311 e. The number of esters is 1. The maximum atomic E-state index is 12.0. The number of aromatic nitrogens is 1. The molecule has 0 spiro atoms. The Morgan fingerprint density at radius 2 is 2.00 bits per heavy atom. The third-order valence-corrected chi connectivity index (χ3v) is 3.62. The van der Waals surface area contributed by atoms with Gasteiger partial charge in [-0.2, -0.15) is 0 Å². The van der Waals surface area contributed by atoms with E-state index in [2.05, 4.69) is 15.0 Å². The van der Waals surface area contributed by atoms with Gasteiger partial charge in [0.05, 0.1) is 19.2 Å². The molecule has 5 nitrogen and oxygen atoms in total. The summed E-state index contributed by atoms with van der Waals surface area (Å²) >= 11 is 1.34. The zero-order valence-corrected chi connectivity index (χ0v) is 12.0. The zero-order valence-electron chi connectivity index (χ0n) is 11.2. The molecule has 1 heterocycles. The minimum Gasteiger partial charge on any atom is -0.469 e. The molecule has 0 unspecified atom stereocenters. The lowest BCUT2D eigenvalue weighted by molar-refractivity contribution is -0.139. The highest BCUT2D eigenvalue weighted by Gasteiger charge is 2.14. The fraction of sp³-hybridized carbons (Fsp3) is 0.214. The molecule has 0 aliphatic heterocycles. The Morgan fingerprint density at radius 3 is 2.65 bits per heavy atom. The molecule has 1 N–H and O–H groups in total. The molecule has 0 radical (unpaired) electrons. The SMILES string of the molecule is COC(=O)Cc1nc(NC(=O)c2ccccc2)sc1C. The number of nitrogens with zero attached hydrogens (tertiary/aromatic N) is 1. The van der Waals surface area contributed by atoms with Crippen molar-refractivity contribution in [1.82, 2.24) is 4.98 Å². The summed E-state index contributed by atoms with van der Waals surface area (Å²) in [7, 11) is 1.34. The van der Waals surface area contributed by atoms with Crippen LogP contribution in [-0.2, 0) is 16.0 Å². The lowest BCUT2D eigenvalue weighted by atomic mass is 10.2. The Bertz CT molecular complexity index is 623. The minimum absolute atomic E-state index is 0.111. The molecular formula is C14H14N2O3S. The van der Waals surface area contributed by atoms with Gasteiger partial charge >= 0.3 is 5.97 Å². The maximum absolute atomic E-state index is 12.0. The third kappa shape index (κ3) is 3.42. The molecule has 0 bridgehead atoms. The molecule has 1 aromatic carbocycles. The molecule has 2 rings (SSSR count). The lowest BCUT2D eigenvalue weighted by Gasteiger charge is -2.00. The highest BCUT2D eigenvalue weighted by Crippen LogP contribution is 2.23. The molecule has 1 aromatic heterocycles. The summed E-state index contributed by atoms with van der Waals surface area (Å²) in [5.74, 6) is -0.566. The number of aryl methyl sites for hydroxylation is 1. The van der Waals surface area contributed by atoms with Crippen LogP contribution in [0.4, 0.5) is 5.13 Å². The van der Waals surface area contributed by atoms with Crippen LogP contribution in [0.3, 0.4) is 0 Å². The van der Waals surface area contributed by atoms with E-state index in [1.807, 2.05) is 13.0 Å². The van der Waals surface area contributed by atoms with Crippen LogP contribution >= 0.6 is 11.3 Å². The Kier molecular flexibility index (Phi) is 4.47. The Labute approximate surface area is 120 Å². The molecule has 0 atom stereocenters. The van der Waals surface area contributed by atoms with E-state index in [-0.39, 0.29) is 18.3 Å². The second kappa shape index (κ2) is 6.29. The Hall–Kier alpha value is -2.21. The molecule has 0 aliphatic rings. The number of hydrogen-bond acceptors (Lipinski definition) is 5. The topological polar surface area (TPSA) is 68.3 Å². The fourth-order valence-corrected chi connectivity index (χ4v) is 2.44. The summed E-state index contributed by atoms with van der Waals surface area (Å²) in [6, 6.07) is 8.89. The zero-order chi connectivity index (χ0) is 14.5. The number of hydrogen-bond donors (Lipinski definition) is 1. The monoisotopic (exact) mass is 290 g/mol. The van der Waals surface area contributed by atoms with E-state index in [0.717, 1.165) is 4.88 Å². The van der Waals surface area contributed by atoms with Gasteiger partial charge in [0.2, 0.25) is 0 Å². The van der Waals surface area contributed by atoms with Crippen LogP contribution in [0.15, 0.2) is 30.3 Å². The smallest absolute Gasteiger partial charge is 0.311 e. The van der Waals surface area contributed by atoms with Gasteiger partial charge in [-0.15, -0.1) is 11.3 Å². The molecule has 0 aliphatic carbocycles. The summed E-state index contributed by atoms with van der Waals surface area (Å²) in [6.45, 7) is 1.86. The van der Waals surface area contributed by atoms with Crippen LogP contribution < -0.4 is 5.32 Å². The van der Waals surface area contributed by atoms with Crippen LogP contribution in [0.25, 0.3) is 0 Å². The van der Waals surface area contributed by atoms with E-state index in [1.54, 1.807) is 24.3 Å². The van der Waals surface area contributed by atoms with Crippen LogP contribution in [0.1, 0.15) is 20.9 Å². The average Bonchev–Trinajstić information content (AvgIpc) is 2.79. The molecule has 20 heavy (non-hydrogen) atoms. The number of ether oxygens (including phenoxy) is 1. The number of rotatable bonds is 4. The average molecular weight is 290 g/mol. The van der Waals surface area contributed by atoms with E-state index in [1.165, 1.54) is 18.4 Å². The van der Waals surface area contributed by atoms with Crippen molar-refractivity contribution in [2.75, 3.05) is 12.4 Å². The first-order valence-electron chi connectivity index (χ1n) is 5.99. The number of nitrogens with one attached hydrogen (secondary N) is 1. The van der Waals surface area contributed by atoms with Gasteiger partial charge in [0.25, 0.3) is 5.91 Å². The number of amides is 1. The van der Waals surface area contributed by atoms with Crippen molar-refractivity contribution >= 4 is 28.3 Å². The molecule has 0 saturated carbocycles. The van der Waals surface area contributed by atoms with Crippen molar-refractivity contribution in [2.24, 2.45) is 0 Å². The first kappa shape index (κ1) is 14.2. The van der Waals surface area contributed by atoms with Gasteiger partial charge in [0, 0.05) is 10.4 Å². The molecule has 0 fully saturated rings. The summed E-state index contributed by atoms with van der Waals surface area (Å²) in [6.07, 6.45) is 0.111. The molecule has 104 valence electrons. The number of carbonyl (C=O) groups excluding carboxylic acids is 2. The summed E-state index contributed by atoms with van der Waals surface area (Å²) in [5.41, 5.74) is 1.19. The van der Waals surface area contributed by atoms with E-state index < -0.39 is 0 Å². The van der Waals surface area contributed by atoms with Crippen molar-refractivity contribution < 1.29 is 14.3 Å². The van der Waals surface area contributed by atoms with Crippen LogP contribution in [-0.4, -0.2) is 24.0 Å². The van der Waals surface area contributed by atoms with Crippen LogP contribution in [0.2, 0.25) is 0 Å². The highest BCUT2D eigenvalue weighted by molar-refractivity contribution is 7.15. The van der Waals surface area contributed by atoms with Gasteiger partial charge in [0.1, 0.15) is 0 Å². The van der Waals surface area contributed by atoms with Crippen molar-refractivity contribution in [2.45, 2.75) is 13.3 Å². The number of anilines is 1. The van der Waals surface area contributed by atoms with E-state index >= 15 is 0 Å². The van der Waals surface area contributed by atoms with E-state index in [0.29, 0.717) is 16.4 Å². The first-order valence-corrected chi connectivity index (χ1v) is 6.81. The van der Waals surface area contributed by atoms with Crippen molar-refractivity contribution in [3.63, 3.8) is 0 Å². The molecular weight excluding hydrogens is 276 g/mol. The molecule has 2 aromatic rings. The molecule has 6 heteroatoms. The van der Waals surface area contributed by atoms with Gasteiger partial charge in [0.15, 0.2) is 5.13 Å². The van der Waals surface area contributed by atoms with Gasteiger partial charge in [-0.05, 0) is 19.1 Å². The van der Waals surface area contributed by atoms with Crippen molar-refractivity contribution in [3.05, 3.63) is 46.5 Å². The quantitative estimate of drug-likeness (QED) is 0.878. The van der Waals surface area contributed by atoms with Crippen molar-refractivity contribution in [1.29, 1.82) is 0 Å². The number of thiazole rings is 1. The summed E-state index contributed by atoms with van der Waals surface area (Å²) in [5, 5.41) is 3.21. The largest absolute Gasteiger partial charge is 0.469 e. The summed E-state index contributed by atoms with van der Waals surface area (Å²) < 4.78 is 4.61. The fourth-order valence-electron chi connectivity index (χ4n) is 1.61. The lowest BCUT2D eigenvalue weighted by Crippen LogP contribution is -2.11. The van der Waals surface area contributed by atoms with Gasteiger partial charge in [-0.25, -0.2) is 4.98 Å². The van der Waals surface area contributed by atoms with Gasteiger partial charge < -0.3 is 4.74 Å². The second-order valence-electron chi connectivity index (χ2n) is 4.09. The van der Waals surface area contributed by atoms with Gasteiger partial charge in [-0.3, -0.25) is 14.9 Å². The normalized spacial score (nSPS) is 10.1. The predicted molar refractivity (Wildman–Crippen MR) is 77.0 cm³/mol. The Balaban J connectivity index is 2.09. The summed E-state index contributed by atoms with van der Waals surface area (Å²) in [4.78, 5) is 28.4. The predicted octanol–water partition coefficient (Wildman–Crippen LogP) is 2.42. The second-order valence-corrected chi connectivity index (χ2v) is 5.30. The number of carbonyl (C=O) groups is 2. The standard InChI is InChI=1S/C14H14N2O3S/c1-9-11(8-12(17)19-2)15-14(20-9)16-13(18)10-6-4-3-5-7-10/h3-7H,8H2,1-2H3,(H,15,16,18). The minimum atomic E-state index is -0.348. The number of methoxy groups -OCH3 is 1. The number of benzene rings is 1.